The lowest BCUT2D eigenvalue weighted by Gasteiger charge is -2.31. The first-order valence-electron chi connectivity index (χ1n) is 9.30. The molecule has 0 saturated carbocycles. The molecule has 3 aromatic heterocycles. The van der Waals surface area contributed by atoms with Gasteiger partial charge in [0.15, 0.2) is 5.13 Å². The van der Waals surface area contributed by atoms with Gasteiger partial charge in [-0.1, -0.05) is 22.9 Å². The molecular weight excluding hydrogens is 382 g/mol. The highest BCUT2D eigenvalue weighted by molar-refractivity contribution is 7.16. The second-order valence-electron chi connectivity index (χ2n) is 7.34. The summed E-state index contributed by atoms with van der Waals surface area (Å²) in [5.74, 6) is 0.221. The van der Waals surface area contributed by atoms with Gasteiger partial charge in [-0.25, -0.2) is 9.97 Å². The smallest absolute Gasteiger partial charge is 0.187 e. The highest BCUT2D eigenvalue weighted by atomic mass is 35.5. The number of aryl methyl sites for hydroxylation is 1. The summed E-state index contributed by atoms with van der Waals surface area (Å²) in [6.07, 6.45) is 8.31. The van der Waals surface area contributed by atoms with Gasteiger partial charge >= 0.3 is 0 Å². The molecule has 0 aromatic carbocycles. The van der Waals surface area contributed by atoms with Crippen molar-refractivity contribution in [1.29, 1.82) is 0 Å². The van der Waals surface area contributed by atoms with Gasteiger partial charge in [0.25, 0.3) is 0 Å². The normalized spacial score (nSPS) is 20.4. The number of fused-ring (bicyclic) bond motifs is 1. The number of nitrogens with one attached hydrogen (secondary N) is 1. The van der Waals surface area contributed by atoms with Crippen molar-refractivity contribution in [2.24, 2.45) is 7.05 Å². The van der Waals surface area contributed by atoms with E-state index in [2.05, 4.69) is 36.0 Å². The second kappa shape index (κ2) is 6.92. The molecule has 0 radical (unpaired) electrons. The molecule has 142 valence electrons. The van der Waals surface area contributed by atoms with E-state index >= 15 is 0 Å². The number of rotatable bonds is 4. The van der Waals surface area contributed by atoms with Gasteiger partial charge in [-0.05, 0) is 12.8 Å². The van der Waals surface area contributed by atoms with Crippen molar-refractivity contribution in [3.8, 4) is 0 Å². The van der Waals surface area contributed by atoms with Crippen molar-refractivity contribution in [2.75, 3.05) is 24.5 Å². The Morgan fingerprint density at radius 1 is 1.33 bits per heavy atom. The average molecular weight is 404 g/mol. The van der Waals surface area contributed by atoms with E-state index in [1.54, 1.807) is 17.7 Å². The number of thiazole rings is 1. The van der Waals surface area contributed by atoms with Crippen molar-refractivity contribution < 1.29 is 0 Å². The maximum Gasteiger partial charge on any atom is 0.187 e. The number of hydrogen-bond donors (Lipinski definition) is 1. The van der Waals surface area contributed by atoms with Crippen LogP contribution in [0.3, 0.4) is 0 Å². The number of aromatic amines is 1. The van der Waals surface area contributed by atoms with Gasteiger partial charge in [0.05, 0.1) is 28.8 Å². The Morgan fingerprint density at radius 2 is 2.19 bits per heavy atom. The quantitative estimate of drug-likeness (QED) is 0.725. The zero-order valence-electron chi connectivity index (χ0n) is 15.2. The molecule has 0 spiro atoms. The van der Waals surface area contributed by atoms with Crippen LogP contribution in [0, 0.1) is 0 Å². The third kappa shape index (κ3) is 3.26. The van der Waals surface area contributed by atoms with Gasteiger partial charge in [0.1, 0.15) is 5.15 Å². The number of nitrogens with zero attached hydrogens (tertiary/aromatic N) is 6. The summed E-state index contributed by atoms with van der Waals surface area (Å²) < 4.78 is 1.85. The zero-order valence-corrected chi connectivity index (χ0v) is 16.8. The zero-order chi connectivity index (χ0) is 18.4. The molecule has 0 bridgehead atoms. The van der Waals surface area contributed by atoms with Crippen LogP contribution in [0.1, 0.15) is 40.6 Å². The van der Waals surface area contributed by atoms with E-state index in [1.165, 1.54) is 24.1 Å². The van der Waals surface area contributed by atoms with Crippen LogP contribution in [0.5, 0.6) is 0 Å². The predicted octanol–water partition coefficient (Wildman–Crippen LogP) is 3.00. The molecule has 1 N–H and O–H groups in total. The molecule has 2 aliphatic heterocycles. The minimum Gasteiger partial charge on any atom is -0.348 e. The van der Waals surface area contributed by atoms with Crippen LogP contribution < -0.4 is 4.90 Å². The average Bonchev–Trinajstić information content (AvgIpc) is 3.42. The Morgan fingerprint density at radius 3 is 2.96 bits per heavy atom. The van der Waals surface area contributed by atoms with Gasteiger partial charge in [-0.2, -0.15) is 5.10 Å². The molecule has 1 saturated heterocycles. The van der Waals surface area contributed by atoms with Crippen LogP contribution in [0.4, 0.5) is 5.13 Å². The largest absolute Gasteiger partial charge is 0.348 e. The van der Waals surface area contributed by atoms with E-state index in [0.29, 0.717) is 5.15 Å². The van der Waals surface area contributed by atoms with E-state index in [9.17, 15) is 0 Å². The summed E-state index contributed by atoms with van der Waals surface area (Å²) in [5.41, 5.74) is 3.51. The summed E-state index contributed by atoms with van der Waals surface area (Å²) in [5, 5.41) is 6.06. The number of halogens is 1. The molecular formula is C18H22ClN7S. The Kier molecular flexibility index (Phi) is 4.41. The van der Waals surface area contributed by atoms with Crippen LogP contribution in [0.15, 0.2) is 18.7 Å². The van der Waals surface area contributed by atoms with Crippen LogP contribution in [0.25, 0.3) is 0 Å². The molecule has 2 aliphatic rings. The van der Waals surface area contributed by atoms with Gasteiger partial charge in [-0.15, -0.1) is 0 Å². The van der Waals surface area contributed by atoms with Crippen molar-refractivity contribution >= 4 is 28.1 Å². The Hall–Kier alpha value is -1.90. The Labute approximate surface area is 167 Å². The van der Waals surface area contributed by atoms with Crippen molar-refractivity contribution in [3.63, 3.8) is 0 Å². The van der Waals surface area contributed by atoms with E-state index in [0.717, 1.165) is 48.4 Å². The fraction of sp³-hybridized carbons (Fsp3) is 0.500. The summed E-state index contributed by atoms with van der Waals surface area (Å²) in [6, 6.07) is 0. The SMILES string of the molecule is Cn1cc(C2CN(Cc3sc(N4CCCC4)nc3Cl)Cc3[nH]cnc32)cn1. The maximum atomic E-state index is 6.49. The summed E-state index contributed by atoms with van der Waals surface area (Å²) in [7, 11) is 1.95. The first-order chi connectivity index (χ1) is 13.2. The number of aromatic nitrogens is 5. The Balaban J connectivity index is 1.38. The molecule has 1 unspecified atom stereocenters. The summed E-state index contributed by atoms with van der Waals surface area (Å²) >= 11 is 8.22. The number of imidazole rings is 1. The fourth-order valence-corrected chi connectivity index (χ4v) is 5.41. The molecule has 3 aromatic rings. The van der Waals surface area contributed by atoms with Crippen LogP contribution >= 0.6 is 22.9 Å². The Bertz CT molecular complexity index is 939. The monoisotopic (exact) mass is 403 g/mol. The van der Waals surface area contributed by atoms with E-state index in [-0.39, 0.29) is 5.92 Å². The highest BCUT2D eigenvalue weighted by Crippen LogP contribution is 2.36. The van der Waals surface area contributed by atoms with E-state index in [4.69, 9.17) is 11.6 Å². The molecule has 9 heteroatoms. The predicted molar refractivity (Wildman–Crippen MR) is 106 cm³/mol. The first-order valence-corrected chi connectivity index (χ1v) is 10.5. The number of anilines is 1. The minimum absolute atomic E-state index is 0.221. The van der Waals surface area contributed by atoms with E-state index < -0.39 is 0 Å². The molecule has 0 aliphatic carbocycles. The third-order valence-electron chi connectivity index (χ3n) is 5.41. The molecule has 1 atom stereocenters. The van der Waals surface area contributed by atoms with Crippen molar-refractivity contribution in [1.82, 2.24) is 29.6 Å². The molecule has 5 rings (SSSR count). The molecule has 0 amide bonds. The number of H-pyrrole nitrogens is 1. The van der Waals surface area contributed by atoms with Gasteiger partial charge in [0, 0.05) is 57.4 Å². The molecule has 7 nitrogen and oxygen atoms in total. The van der Waals surface area contributed by atoms with Crippen molar-refractivity contribution in [2.45, 2.75) is 31.8 Å². The summed E-state index contributed by atoms with van der Waals surface area (Å²) in [4.78, 5) is 18.4. The molecule has 1 fully saturated rings. The standard InChI is InChI=1S/C18H22ClN7S/c1-24-7-12(6-22-24)13-8-25(9-14-16(13)21-11-20-14)10-15-17(19)23-18(27-15)26-4-2-3-5-26/h6-7,11,13H,2-5,8-10H2,1H3,(H,20,21). The fourth-order valence-electron chi connectivity index (χ4n) is 4.06. The van der Waals surface area contributed by atoms with Gasteiger partial charge < -0.3 is 9.88 Å². The first kappa shape index (κ1) is 17.2. The highest BCUT2D eigenvalue weighted by Gasteiger charge is 2.30. The van der Waals surface area contributed by atoms with E-state index in [1.807, 2.05) is 17.9 Å². The second-order valence-corrected chi connectivity index (χ2v) is 8.76. The van der Waals surface area contributed by atoms with Crippen molar-refractivity contribution in [3.05, 3.63) is 45.7 Å². The maximum absolute atomic E-state index is 6.49. The number of hydrogen-bond acceptors (Lipinski definition) is 6. The third-order valence-corrected chi connectivity index (χ3v) is 6.94. The topological polar surface area (TPSA) is 65.9 Å². The molecule has 27 heavy (non-hydrogen) atoms. The van der Waals surface area contributed by atoms with Gasteiger partial charge in [-0.3, -0.25) is 9.58 Å². The summed E-state index contributed by atoms with van der Waals surface area (Å²) in [6.45, 7) is 4.73. The lowest BCUT2D eigenvalue weighted by atomic mass is 9.93. The van der Waals surface area contributed by atoms with Crippen LogP contribution in [-0.4, -0.2) is 49.3 Å². The van der Waals surface area contributed by atoms with Crippen LogP contribution in [0.2, 0.25) is 5.15 Å². The molecule has 5 heterocycles. The minimum atomic E-state index is 0.221. The van der Waals surface area contributed by atoms with Gasteiger partial charge in [0.2, 0.25) is 0 Å². The lowest BCUT2D eigenvalue weighted by Crippen LogP contribution is -2.33. The lowest BCUT2D eigenvalue weighted by molar-refractivity contribution is 0.229. The van der Waals surface area contributed by atoms with Crippen LogP contribution in [-0.2, 0) is 20.1 Å².